The third kappa shape index (κ3) is 11.7. The molecule has 8 nitrogen and oxygen atoms in total. The first-order chi connectivity index (χ1) is 24.7. The van der Waals surface area contributed by atoms with Gasteiger partial charge >= 0.3 is 11.9 Å². The molecule has 2 aromatic rings. The minimum atomic E-state index is -0.513. The molecule has 4 rings (SSSR count). The van der Waals surface area contributed by atoms with Gasteiger partial charge < -0.3 is 28.4 Å². The molecule has 286 valence electrons. The number of benzene rings is 2. The number of rotatable bonds is 18. The average Bonchev–Trinajstić information content (AvgIpc) is 3.11. The maximum Gasteiger partial charge on any atom is 0.312 e. The molecule has 2 aliphatic carbocycles. The quantitative estimate of drug-likeness (QED) is 0.0652. The molecule has 0 heterocycles. The molecule has 2 aromatic carbocycles. The molecule has 0 N–H and O–H groups in total. The molecular weight excluding hydrogens is 656 g/mol. The standard InChI is InChI=1S/C44H62O8/c1-10-34-24-30(3)26-36(27-34)41(45)49-22-20-47-32(5)51-39-16-12-37(13-17-39)43(7,8)38-14-18-40(19-15-38)52-33(6)48-21-23-50-42(46)44(9)28-31(4)25-35(11-2)29-44/h12-19,32-36H,3-4,10-11,20-29H2,1-2,5-9H3. The van der Waals surface area contributed by atoms with E-state index >= 15 is 0 Å². The lowest BCUT2D eigenvalue weighted by Crippen LogP contribution is -2.36. The van der Waals surface area contributed by atoms with Crippen LogP contribution >= 0.6 is 0 Å². The maximum atomic E-state index is 12.9. The molecule has 0 spiro atoms. The normalized spacial score (nSPS) is 23.4. The maximum absolute atomic E-state index is 12.9. The SMILES string of the molecule is C=C1CC(CC)CC(C(=O)OCCOC(C)Oc2ccc(C(C)(C)c3ccc(OC(C)OCCOC(=O)C4(C)CC(=C)CC(CC)C4)cc3)cc2)C1. The van der Waals surface area contributed by atoms with E-state index in [1.54, 1.807) is 0 Å². The van der Waals surface area contributed by atoms with Crippen LogP contribution in [-0.2, 0) is 34.0 Å². The van der Waals surface area contributed by atoms with E-state index in [0.717, 1.165) is 67.2 Å². The first-order valence-electron chi connectivity index (χ1n) is 19.2. The Labute approximate surface area is 312 Å². The summed E-state index contributed by atoms with van der Waals surface area (Å²) in [5.74, 6) is 1.95. The summed E-state index contributed by atoms with van der Waals surface area (Å²) in [5, 5.41) is 0. The van der Waals surface area contributed by atoms with Crippen LogP contribution in [0.25, 0.3) is 0 Å². The molecule has 52 heavy (non-hydrogen) atoms. The van der Waals surface area contributed by atoms with Gasteiger partial charge in [-0.25, -0.2) is 0 Å². The molecule has 2 fully saturated rings. The van der Waals surface area contributed by atoms with Gasteiger partial charge in [0, 0.05) is 5.41 Å². The number of hydrogen-bond acceptors (Lipinski definition) is 8. The molecule has 6 unspecified atom stereocenters. The highest BCUT2D eigenvalue weighted by Crippen LogP contribution is 2.43. The molecule has 8 heteroatoms. The van der Waals surface area contributed by atoms with Crippen molar-refractivity contribution >= 4 is 11.9 Å². The van der Waals surface area contributed by atoms with Gasteiger partial charge in [-0.05, 0) is 107 Å². The van der Waals surface area contributed by atoms with Crippen molar-refractivity contribution in [3.63, 3.8) is 0 Å². The molecule has 0 saturated heterocycles. The van der Waals surface area contributed by atoms with Crippen molar-refractivity contribution in [1.29, 1.82) is 0 Å². The Kier molecular flexibility index (Phi) is 15.0. The first kappa shape index (κ1) is 41.1. The smallest absolute Gasteiger partial charge is 0.312 e. The van der Waals surface area contributed by atoms with Crippen molar-refractivity contribution in [2.75, 3.05) is 26.4 Å². The van der Waals surface area contributed by atoms with E-state index < -0.39 is 18.0 Å². The Morgan fingerprint density at radius 3 is 1.77 bits per heavy atom. The summed E-state index contributed by atoms with van der Waals surface area (Å²) in [6, 6.07) is 16.0. The zero-order valence-electron chi connectivity index (χ0n) is 32.7. The van der Waals surface area contributed by atoms with Gasteiger partial charge in [-0.15, -0.1) is 0 Å². The number of carbonyl (C=O) groups is 2. The van der Waals surface area contributed by atoms with E-state index in [1.807, 2.05) is 45.0 Å². The Hall–Kier alpha value is -3.62. The Morgan fingerprint density at radius 1 is 0.750 bits per heavy atom. The van der Waals surface area contributed by atoms with Gasteiger partial charge in [-0.3, -0.25) is 9.59 Å². The van der Waals surface area contributed by atoms with Crippen LogP contribution in [-0.4, -0.2) is 50.9 Å². The Bertz CT molecular complexity index is 1480. The summed E-state index contributed by atoms with van der Waals surface area (Å²) in [5.41, 5.74) is 3.75. The largest absolute Gasteiger partial charge is 0.465 e. The highest BCUT2D eigenvalue weighted by Gasteiger charge is 2.40. The number of ether oxygens (including phenoxy) is 6. The Morgan fingerprint density at radius 2 is 1.25 bits per heavy atom. The second-order valence-electron chi connectivity index (χ2n) is 15.6. The summed E-state index contributed by atoms with van der Waals surface area (Å²) >= 11 is 0. The van der Waals surface area contributed by atoms with Gasteiger partial charge in [0.05, 0.1) is 24.5 Å². The lowest BCUT2D eigenvalue weighted by Gasteiger charge is -2.37. The van der Waals surface area contributed by atoms with Gasteiger partial charge in [0.25, 0.3) is 0 Å². The van der Waals surface area contributed by atoms with Crippen LogP contribution in [0.4, 0.5) is 0 Å². The summed E-state index contributed by atoms with van der Waals surface area (Å²) in [6.07, 6.45) is 6.21. The van der Waals surface area contributed by atoms with Crippen LogP contribution in [0.15, 0.2) is 72.8 Å². The third-order valence-corrected chi connectivity index (χ3v) is 10.8. The predicted molar refractivity (Wildman–Crippen MR) is 204 cm³/mol. The number of esters is 2. The summed E-state index contributed by atoms with van der Waals surface area (Å²) < 4.78 is 34.6. The second kappa shape index (κ2) is 18.9. The van der Waals surface area contributed by atoms with Crippen LogP contribution in [0.5, 0.6) is 11.5 Å². The van der Waals surface area contributed by atoms with Crippen LogP contribution in [0.1, 0.15) is 111 Å². The zero-order chi connectivity index (χ0) is 37.9. The highest BCUT2D eigenvalue weighted by molar-refractivity contribution is 5.77. The molecule has 0 amide bonds. The number of carbonyl (C=O) groups excluding carboxylic acids is 2. The van der Waals surface area contributed by atoms with E-state index in [2.05, 4.69) is 65.1 Å². The van der Waals surface area contributed by atoms with Crippen molar-refractivity contribution in [3.05, 3.63) is 84.0 Å². The lowest BCUT2D eigenvalue weighted by atomic mass is 9.68. The minimum absolute atomic E-state index is 0.0984. The summed E-state index contributed by atoms with van der Waals surface area (Å²) in [7, 11) is 0. The zero-order valence-corrected chi connectivity index (χ0v) is 32.7. The predicted octanol–water partition coefficient (Wildman–Crippen LogP) is 9.74. The second-order valence-corrected chi connectivity index (χ2v) is 15.6. The van der Waals surface area contributed by atoms with Crippen LogP contribution in [0, 0.1) is 23.2 Å². The van der Waals surface area contributed by atoms with Crippen molar-refractivity contribution in [1.82, 2.24) is 0 Å². The van der Waals surface area contributed by atoms with Crippen LogP contribution in [0.3, 0.4) is 0 Å². The van der Waals surface area contributed by atoms with Crippen LogP contribution in [0.2, 0.25) is 0 Å². The third-order valence-electron chi connectivity index (χ3n) is 10.8. The van der Waals surface area contributed by atoms with E-state index in [4.69, 9.17) is 28.4 Å². The van der Waals surface area contributed by atoms with Gasteiger partial charge in [-0.1, -0.05) is 89.1 Å². The average molecular weight is 719 g/mol. The van der Waals surface area contributed by atoms with E-state index in [9.17, 15) is 9.59 Å². The van der Waals surface area contributed by atoms with Crippen molar-refractivity contribution in [3.8, 4) is 11.5 Å². The van der Waals surface area contributed by atoms with Crippen LogP contribution < -0.4 is 9.47 Å². The molecule has 2 aliphatic rings. The fraction of sp³-hybridized carbons (Fsp3) is 0.591. The summed E-state index contributed by atoms with van der Waals surface area (Å²) in [4.78, 5) is 25.4. The first-order valence-corrected chi connectivity index (χ1v) is 19.2. The molecule has 2 saturated carbocycles. The molecule has 0 aliphatic heterocycles. The van der Waals surface area contributed by atoms with Crippen molar-refractivity contribution in [2.45, 2.75) is 118 Å². The van der Waals surface area contributed by atoms with Gasteiger partial charge in [0.2, 0.25) is 0 Å². The topological polar surface area (TPSA) is 89.5 Å². The Balaban J connectivity index is 1.16. The molecule has 6 atom stereocenters. The molecule has 0 bridgehead atoms. The van der Waals surface area contributed by atoms with E-state index in [0.29, 0.717) is 29.8 Å². The summed E-state index contributed by atoms with van der Waals surface area (Å²) in [6.45, 7) is 23.5. The molecular formula is C44H62O8. The molecule has 0 radical (unpaired) electrons. The fourth-order valence-corrected chi connectivity index (χ4v) is 7.67. The number of allylic oxidation sites excluding steroid dienone is 2. The minimum Gasteiger partial charge on any atom is -0.465 e. The number of hydrogen-bond donors (Lipinski definition) is 0. The van der Waals surface area contributed by atoms with Gasteiger partial charge in [-0.2, -0.15) is 0 Å². The van der Waals surface area contributed by atoms with E-state index in [1.165, 1.54) is 0 Å². The fourth-order valence-electron chi connectivity index (χ4n) is 7.67. The van der Waals surface area contributed by atoms with E-state index in [-0.39, 0.29) is 49.7 Å². The molecule has 0 aromatic heterocycles. The lowest BCUT2D eigenvalue weighted by molar-refractivity contribution is -0.161. The monoisotopic (exact) mass is 718 g/mol. The van der Waals surface area contributed by atoms with Crippen molar-refractivity contribution < 1.29 is 38.0 Å². The van der Waals surface area contributed by atoms with Gasteiger partial charge in [0.15, 0.2) is 12.6 Å². The van der Waals surface area contributed by atoms with Crippen molar-refractivity contribution in [2.24, 2.45) is 23.2 Å². The van der Waals surface area contributed by atoms with Gasteiger partial charge in [0.1, 0.15) is 24.7 Å². The highest BCUT2D eigenvalue weighted by atomic mass is 16.7.